The van der Waals surface area contributed by atoms with Crippen LogP contribution in [0.4, 0.5) is 0 Å². The Balaban J connectivity index is 0.000000810. The standard InChI is InChI=1S/C6H11O3.K/c1-6(2)8-4-5(3-7)9-6;/h5H,3-4H2,1-2H3;/q-1;+1. The van der Waals surface area contributed by atoms with Crippen LogP contribution in [-0.2, 0) is 9.47 Å². The summed E-state index contributed by atoms with van der Waals surface area (Å²) in [5.74, 6) is -0.533. The van der Waals surface area contributed by atoms with Crippen molar-refractivity contribution >= 4 is 0 Å². The molecule has 4 heteroatoms. The molecule has 0 N–H and O–H groups in total. The monoisotopic (exact) mass is 170 g/mol. The molecule has 0 aliphatic carbocycles. The Morgan fingerprint density at radius 2 is 2.20 bits per heavy atom. The quantitative estimate of drug-likeness (QED) is 0.384. The average Bonchev–Trinajstić information content (AvgIpc) is 2.10. The topological polar surface area (TPSA) is 41.5 Å². The van der Waals surface area contributed by atoms with E-state index in [0.717, 1.165) is 0 Å². The van der Waals surface area contributed by atoms with Crippen LogP contribution in [0.25, 0.3) is 0 Å². The van der Waals surface area contributed by atoms with E-state index in [1.165, 1.54) is 0 Å². The molecule has 3 nitrogen and oxygen atoms in total. The minimum atomic E-state index is -0.533. The Bertz CT molecular complexity index is 105. The van der Waals surface area contributed by atoms with Gasteiger partial charge in [0.25, 0.3) is 0 Å². The summed E-state index contributed by atoms with van der Waals surface area (Å²) in [5.41, 5.74) is 0. The van der Waals surface area contributed by atoms with Crippen LogP contribution in [0.15, 0.2) is 0 Å². The van der Waals surface area contributed by atoms with Gasteiger partial charge in [-0.2, -0.15) is 0 Å². The second-order valence-corrected chi connectivity index (χ2v) is 2.62. The van der Waals surface area contributed by atoms with E-state index in [-0.39, 0.29) is 64.1 Å². The average molecular weight is 170 g/mol. The number of hydrogen-bond acceptors (Lipinski definition) is 3. The Labute approximate surface area is 104 Å². The van der Waals surface area contributed by atoms with Gasteiger partial charge in [-0.05, 0) is 13.8 Å². The van der Waals surface area contributed by atoms with Crippen LogP contribution < -0.4 is 56.5 Å². The Morgan fingerprint density at radius 3 is 2.40 bits per heavy atom. The van der Waals surface area contributed by atoms with E-state index in [9.17, 15) is 5.11 Å². The number of rotatable bonds is 1. The molecule has 1 atom stereocenters. The van der Waals surface area contributed by atoms with Crippen molar-refractivity contribution in [3.8, 4) is 0 Å². The summed E-state index contributed by atoms with van der Waals surface area (Å²) in [7, 11) is 0. The molecular weight excluding hydrogens is 159 g/mol. The molecule has 54 valence electrons. The normalized spacial score (nSPS) is 29.7. The van der Waals surface area contributed by atoms with E-state index in [1.807, 2.05) is 13.8 Å². The zero-order chi connectivity index (χ0) is 6.91. The van der Waals surface area contributed by atoms with Crippen LogP contribution in [0.1, 0.15) is 13.8 Å². The van der Waals surface area contributed by atoms with Crippen LogP contribution in [0.2, 0.25) is 0 Å². The predicted octanol–water partition coefficient (Wildman–Crippen LogP) is -3.50. The first-order valence-electron chi connectivity index (χ1n) is 3.04. The van der Waals surface area contributed by atoms with Gasteiger partial charge in [-0.1, -0.05) is 0 Å². The third-order valence-electron chi connectivity index (χ3n) is 1.25. The molecule has 1 unspecified atom stereocenters. The molecule has 0 saturated carbocycles. The number of ether oxygens (including phenoxy) is 2. The molecule has 1 aliphatic rings. The van der Waals surface area contributed by atoms with Crippen LogP contribution in [0.3, 0.4) is 0 Å². The summed E-state index contributed by atoms with van der Waals surface area (Å²) < 4.78 is 10.3. The third kappa shape index (κ3) is 3.28. The third-order valence-corrected chi connectivity index (χ3v) is 1.25. The van der Waals surface area contributed by atoms with E-state index >= 15 is 0 Å². The number of hydrogen-bond donors (Lipinski definition) is 0. The summed E-state index contributed by atoms with van der Waals surface area (Å²) in [6.45, 7) is 3.85. The Hall–Kier alpha value is 1.52. The largest absolute Gasteiger partial charge is 1.00 e. The molecular formula is C6H11KO3. The molecule has 0 radical (unpaired) electrons. The van der Waals surface area contributed by atoms with Crippen LogP contribution in [-0.4, -0.2) is 25.1 Å². The minimum Gasteiger partial charge on any atom is -0.853 e. The summed E-state index contributed by atoms with van der Waals surface area (Å²) in [5, 5.41) is 10.2. The maximum atomic E-state index is 10.2. The molecule has 10 heavy (non-hydrogen) atoms. The molecule has 0 bridgehead atoms. The van der Waals surface area contributed by atoms with E-state index in [1.54, 1.807) is 0 Å². The van der Waals surface area contributed by atoms with Crippen molar-refractivity contribution in [2.24, 2.45) is 0 Å². The summed E-state index contributed by atoms with van der Waals surface area (Å²) in [6, 6.07) is 0. The first-order chi connectivity index (χ1) is 4.14. The fourth-order valence-electron chi connectivity index (χ4n) is 0.845. The molecule has 1 fully saturated rings. The fourth-order valence-corrected chi connectivity index (χ4v) is 0.845. The van der Waals surface area contributed by atoms with Crippen molar-refractivity contribution in [2.45, 2.75) is 25.7 Å². The van der Waals surface area contributed by atoms with Crippen LogP contribution in [0, 0.1) is 0 Å². The predicted molar refractivity (Wildman–Crippen MR) is 29.8 cm³/mol. The molecule has 0 spiro atoms. The van der Waals surface area contributed by atoms with Crippen molar-refractivity contribution in [1.82, 2.24) is 0 Å². The first-order valence-corrected chi connectivity index (χ1v) is 3.04. The van der Waals surface area contributed by atoms with Crippen LogP contribution >= 0.6 is 0 Å². The molecule has 1 aliphatic heterocycles. The fraction of sp³-hybridized carbons (Fsp3) is 1.00. The summed E-state index contributed by atoms with van der Waals surface area (Å²) in [6.07, 6.45) is -0.236. The second-order valence-electron chi connectivity index (χ2n) is 2.62. The van der Waals surface area contributed by atoms with Gasteiger partial charge in [0.15, 0.2) is 5.79 Å². The van der Waals surface area contributed by atoms with Crippen LogP contribution in [0.5, 0.6) is 0 Å². The Morgan fingerprint density at radius 1 is 1.60 bits per heavy atom. The maximum Gasteiger partial charge on any atom is 1.00 e. The van der Waals surface area contributed by atoms with Gasteiger partial charge in [0.1, 0.15) is 0 Å². The van der Waals surface area contributed by atoms with E-state index in [2.05, 4.69) is 0 Å². The second kappa shape index (κ2) is 4.52. The van der Waals surface area contributed by atoms with Crippen molar-refractivity contribution in [2.75, 3.05) is 13.2 Å². The van der Waals surface area contributed by atoms with Gasteiger partial charge in [0.05, 0.1) is 12.7 Å². The van der Waals surface area contributed by atoms with Gasteiger partial charge < -0.3 is 14.6 Å². The molecule has 0 amide bonds. The zero-order valence-electron chi connectivity index (χ0n) is 6.72. The van der Waals surface area contributed by atoms with Gasteiger partial charge in [0, 0.05) is 0 Å². The first kappa shape index (κ1) is 11.5. The summed E-state index contributed by atoms with van der Waals surface area (Å²) in [4.78, 5) is 0. The van der Waals surface area contributed by atoms with Crippen molar-refractivity contribution in [3.05, 3.63) is 0 Å². The van der Waals surface area contributed by atoms with E-state index < -0.39 is 5.79 Å². The molecule has 0 aromatic rings. The SMILES string of the molecule is CC1(C)OCC(C[O-])O1.[K+]. The van der Waals surface area contributed by atoms with Gasteiger partial charge >= 0.3 is 51.4 Å². The summed E-state index contributed by atoms with van der Waals surface area (Å²) >= 11 is 0. The molecule has 0 aromatic carbocycles. The van der Waals surface area contributed by atoms with Gasteiger partial charge in [-0.15, -0.1) is 6.61 Å². The van der Waals surface area contributed by atoms with Gasteiger partial charge in [0.2, 0.25) is 0 Å². The minimum absolute atomic E-state index is 0. The zero-order valence-corrected chi connectivity index (χ0v) is 9.84. The molecule has 0 aromatic heterocycles. The molecule has 1 saturated heterocycles. The Kier molecular flexibility index (Phi) is 5.20. The van der Waals surface area contributed by atoms with Crippen molar-refractivity contribution in [3.63, 3.8) is 0 Å². The maximum absolute atomic E-state index is 10.2. The van der Waals surface area contributed by atoms with Crippen molar-refractivity contribution < 1.29 is 66.0 Å². The van der Waals surface area contributed by atoms with Gasteiger partial charge in [-0.25, -0.2) is 0 Å². The van der Waals surface area contributed by atoms with E-state index in [4.69, 9.17) is 9.47 Å². The molecule has 1 rings (SSSR count). The smallest absolute Gasteiger partial charge is 0.853 e. The van der Waals surface area contributed by atoms with Crippen molar-refractivity contribution in [1.29, 1.82) is 0 Å². The van der Waals surface area contributed by atoms with Gasteiger partial charge in [-0.3, -0.25) is 0 Å². The molecule has 1 heterocycles. The van der Waals surface area contributed by atoms with E-state index in [0.29, 0.717) is 6.61 Å².